The van der Waals surface area contributed by atoms with Crippen LogP contribution in [0.1, 0.15) is 6.92 Å². The van der Waals surface area contributed by atoms with Crippen LogP contribution in [0.3, 0.4) is 0 Å². The van der Waals surface area contributed by atoms with Gasteiger partial charge < -0.3 is 10.1 Å². The van der Waals surface area contributed by atoms with E-state index in [0.29, 0.717) is 5.69 Å². The third kappa shape index (κ3) is 5.75. The van der Waals surface area contributed by atoms with Crippen molar-refractivity contribution in [3.63, 3.8) is 0 Å². The predicted molar refractivity (Wildman–Crippen MR) is 87.7 cm³/mol. The third-order valence-corrected chi connectivity index (χ3v) is 3.95. The van der Waals surface area contributed by atoms with Gasteiger partial charge in [-0.2, -0.15) is 0 Å². The second-order valence-corrected chi connectivity index (χ2v) is 6.15. The Bertz CT molecular complexity index is 661. The molecule has 0 aliphatic rings. The highest BCUT2D eigenvalue weighted by Crippen LogP contribution is 2.23. The zero-order valence-electron chi connectivity index (χ0n) is 12.5. The van der Waals surface area contributed by atoms with E-state index in [-0.39, 0.29) is 12.4 Å². The first-order valence-electron chi connectivity index (χ1n) is 6.98. The first-order chi connectivity index (χ1) is 11.0. The summed E-state index contributed by atoms with van der Waals surface area (Å²) in [6.45, 7) is 1.34. The number of nitrogens with one attached hydrogen (secondary N) is 1. The Morgan fingerprint density at radius 2 is 1.78 bits per heavy atom. The van der Waals surface area contributed by atoms with Crippen molar-refractivity contribution in [2.45, 2.75) is 17.1 Å². The third-order valence-electron chi connectivity index (χ3n) is 2.86. The molecule has 1 atom stereocenters. The zero-order chi connectivity index (χ0) is 16.7. The largest absolute Gasteiger partial charge is 0.455 e. The minimum absolute atomic E-state index is 0.379. The summed E-state index contributed by atoms with van der Waals surface area (Å²) in [7, 11) is 0. The minimum atomic E-state index is -0.470. The van der Waals surface area contributed by atoms with Gasteiger partial charge in [0.25, 0.3) is 5.91 Å². The van der Waals surface area contributed by atoms with E-state index >= 15 is 0 Å². The molecule has 0 fully saturated rings. The Morgan fingerprint density at radius 3 is 2.43 bits per heavy atom. The highest BCUT2D eigenvalue weighted by molar-refractivity contribution is 8.00. The summed E-state index contributed by atoms with van der Waals surface area (Å²) in [5.74, 6) is -1.32. The second kappa shape index (κ2) is 8.33. The number of thioether (sulfide) groups is 1. The molecular formula is C17H16FNO3S. The average molecular weight is 333 g/mol. The maximum atomic E-state index is 12.8. The molecule has 1 N–H and O–H groups in total. The molecule has 2 rings (SSSR count). The van der Waals surface area contributed by atoms with Crippen LogP contribution in [-0.2, 0) is 14.3 Å². The number of ether oxygens (including phenoxy) is 1. The lowest BCUT2D eigenvalue weighted by atomic mass is 10.3. The highest BCUT2D eigenvalue weighted by atomic mass is 32.2. The van der Waals surface area contributed by atoms with Crippen LogP contribution >= 0.6 is 11.8 Å². The standard InChI is InChI=1S/C17H16FNO3S/c1-12(23-15-5-3-2-4-6-15)17(21)22-11-16(20)19-14-9-7-13(18)8-10-14/h2-10,12H,11H2,1H3,(H,19,20)/t12-/m1/s1. The fourth-order valence-electron chi connectivity index (χ4n) is 1.74. The lowest BCUT2D eigenvalue weighted by Crippen LogP contribution is -2.24. The quantitative estimate of drug-likeness (QED) is 0.649. The van der Waals surface area contributed by atoms with Crippen LogP contribution in [0, 0.1) is 5.82 Å². The van der Waals surface area contributed by atoms with Crippen molar-refractivity contribution in [2.24, 2.45) is 0 Å². The van der Waals surface area contributed by atoms with Gasteiger partial charge in [-0.15, -0.1) is 11.8 Å². The molecule has 2 aromatic carbocycles. The van der Waals surface area contributed by atoms with Gasteiger partial charge in [-0.05, 0) is 43.3 Å². The molecule has 4 nitrogen and oxygen atoms in total. The maximum Gasteiger partial charge on any atom is 0.319 e. The Balaban J connectivity index is 1.76. The number of carbonyl (C=O) groups is 2. The van der Waals surface area contributed by atoms with Crippen LogP contribution in [0.2, 0.25) is 0 Å². The van der Waals surface area contributed by atoms with Crippen LogP contribution in [-0.4, -0.2) is 23.7 Å². The summed E-state index contributed by atoms with van der Waals surface area (Å²) >= 11 is 1.36. The van der Waals surface area contributed by atoms with Crippen molar-refractivity contribution in [3.05, 3.63) is 60.4 Å². The summed E-state index contributed by atoms with van der Waals surface area (Å²) in [4.78, 5) is 24.5. The number of benzene rings is 2. The van der Waals surface area contributed by atoms with Crippen LogP contribution in [0.15, 0.2) is 59.5 Å². The lowest BCUT2D eigenvalue weighted by Gasteiger charge is -2.11. The van der Waals surface area contributed by atoms with Gasteiger partial charge in [0.05, 0.1) is 0 Å². The summed E-state index contributed by atoms with van der Waals surface area (Å²) in [5.41, 5.74) is 0.444. The Hall–Kier alpha value is -2.34. The topological polar surface area (TPSA) is 55.4 Å². The van der Waals surface area contributed by atoms with Crippen molar-refractivity contribution in [1.29, 1.82) is 0 Å². The number of anilines is 1. The molecule has 0 aliphatic heterocycles. The zero-order valence-corrected chi connectivity index (χ0v) is 13.3. The Morgan fingerprint density at radius 1 is 1.13 bits per heavy atom. The number of hydrogen-bond donors (Lipinski definition) is 1. The Kier molecular flexibility index (Phi) is 6.17. The van der Waals surface area contributed by atoms with Crippen molar-refractivity contribution in [1.82, 2.24) is 0 Å². The molecule has 6 heteroatoms. The monoisotopic (exact) mass is 333 g/mol. The fourth-order valence-corrected chi connectivity index (χ4v) is 2.62. The summed E-state index contributed by atoms with van der Waals surface area (Å²) < 4.78 is 17.7. The molecule has 23 heavy (non-hydrogen) atoms. The molecule has 0 bridgehead atoms. The molecule has 0 aromatic heterocycles. The molecule has 2 aromatic rings. The molecule has 0 saturated carbocycles. The van der Waals surface area contributed by atoms with E-state index < -0.39 is 17.1 Å². The van der Waals surface area contributed by atoms with Gasteiger partial charge in [-0.1, -0.05) is 18.2 Å². The first-order valence-corrected chi connectivity index (χ1v) is 7.86. The van der Waals surface area contributed by atoms with Crippen molar-refractivity contribution in [3.8, 4) is 0 Å². The van der Waals surface area contributed by atoms with E-state index in [9.17, 15) is 14.0 Å². The summed E-state index contributed by atoms with van der Waals surface area (Å²) in [6, 6.07) is 14.8. The number of amides is 1. The van der Waals surface area contributed by atoms with E-state index in [2.05, 4.69) is 5.32 Å². The molecule has 0 heterocycles. The molecule has 0 aliphatic carbocycles. The number of hydrogen-bond acceptors (Lipinski definition) is 4. The average Bonchev–Trinajstić information content (AvgIpc) is 2.55. The highest BCUT2D eigenvalue weighted by Gasteiger charge is 2.17. The summed E-state index contributed by atoms with van der Waals surface area (Å²) in [6.07, 6.45) is 0. The molecule has 0 saturated heterocycles. The molecule has 0 unspecified atom stereocenters. The normalized spacial score (nSPS) is 11.6. The second-order valence-electron chi connectivity index (χ2n) is 4.74. The number of carbonyl (C=O) groups excluding carboxylic acids is 2. The molecule has 120 valence electrons. The van der Waals surface area contributed by atoms with Gasteiger partial charge in [0.1, 0.15) is 11.1 Å². The van der Waals surface area contributed by atoms with Crippen molar-refractivity contribution < 1.29 is 18.7 Å². The maximum absolute atomic E-state index is 12.8. The molecule has 0 radical (unpaired) electrons. The predicted octanol–water partition coefficient (Wildman–Crippen LogP) is 3.49. The molecule has 0 spiro atoms. The van der Waals surface area contributed by atoms with Gasteiger partial charge >= 0.3 is 5.97 Å². The smallest absolute Gasteiger partial charge is 0.319 e. The number of rotatable bonds is 6. The van der Waals surface area contributed by atoms with E-state index in [1.165, 1.54) is 36.0 Å². The lowest BCUT2D eigenvalue weighted by molar-refractivity contribution is -0.146. The van der Waals surface area contributed by atoms with Crippen LogP contribution in [0.25, 0.3) is 0 Å². The molecular weight excluding hydrogens is 317 g/mol. The van der Waals surface area contributed by atoms with Crippen LogP contribution in [0.4, 0.5) is 10.1 Å². The fraction of sp³-hybridized carbons (Fsp3) is 0.176. The summed E-state index contributed by atoms with van der Waals surface area (Å²) in [5, 5.41) is 2.10. The van der Waals surface area contributed by atoms with Gasteiger partial charge in [0, 0.05) is 10.6 Å². The van der Waals surface area contributed by atoms with Crippen molar-refractivity contribution in [2.75, 3.05) is 11.9 Å². The van der Waals surface area contributed by atoms with E-state index in [1.54, 1.807) is 6.92 Å². The number of esters is 1. The van der Waals surface area contributed by atoms with Gasteiger partial charge in [0.2, 0.25) is 0 Å². The van der Waals surface area contributed by atoms with Gasteiger partial charge in [-0.3, -0.25) is 9.59 Å². The van der Waals surface area contributed by atoms with Crippen molar-refractivity contribution >= 4 is 29.3 Å². The van der Waals surface area contributed by atoms with Gasteiger partial charge in [-0.25, -0.2) is 4.39 Å². The minimum Gasteiger partial charge on any atom is -0.455 e. The van der Waals surface area contributed by atoms with E-state index in [1.807, 2.05) is 30.3 Å². The molecule has 1 amide bonds. The SMILES string of the molecule is C[C@@H](Sc1ccccc1)C(=O)OCC(=O)Nc1ccc(F)cc1. The first kappa shape index (κ1) is 17.0. The van der Waals surface area contributed by atoms with Crippen LogP contribution in [0.5, 0.6) is 0 Å². The van der Waals surface area contributed by atoms with E-state index in [0.717, 1.165) is 4.90 Å². The van der Waals surface area contributed by atoms with Gasteiger partial charge in [0.15, 0.2) is 6.61 Å². The number of halogens is 1. The van der Waals surface area contributed by atoms with E-state index in [4.69, 9.17) is 4.74 Å². The Labute approximate surface area is 138 Å². The van der Waals surface area contributed by atoms with Crippen LogP contribution < -0.4 is 5.32 Å².